The monoisotopic (exact) mass is 441 g/mol. The van der Waals surface area contributed by atoms with Crippen LogP contribution < -0.4 is 0 Å². The maximum absolute atomic E-state index is 2.75. The second-order valence-electron chi connectivity index (χ2n) is 12.2. The molecule has 1 heterocycles. The van der Waals surface area contributed by atoms with Crippen molar-refractivity contribution < 1.29 is 0 Å². The zero-order valence-corrected chi connectivity index (χ0v) is 22.8. The van der Waals surface area contributed by atoms with Crippen LogP contribution in [0.3, 0.4) is 0 Å². The molecule has 5 unspecified atom stereocenters. The number of hydrogen-bond acceptors (Lipinski definition) is 1. The van der Waals surface area contributed by atoms with Gasteiger partial charge in [0.25, 0.3) is 0 Å². The Morgan fingerprint density at radius 2 is 1.81 bits per heavy atom. The van der Waals surface area contributed by atoms with Crippen LogP contribution in [0.4, 0.5) is 0 Å². The van der Waals surface area contributed by atoms with E-state index < -0.39 is 0 Å². The molecule has 0 spiro atoms. The van der Waals surface area contributed by atoms with Crippen molar-refractivity contribution in [3.8, 4) is 0 Å². The van der Waals surface area contributed by atoms with Gasteiger partial charge in [-0.3, -0.25) is 4.90 Å². The SMILES string of the molecule is CC.CCCCN1CCC2(C)C(=CCC3C2CCC2(C)/C(=C/CCCC(C)C)CCC32)C1. The minimum absolute atomic E-state index is 0.497. The van der Waals surface area contributed by atoms with Crippen molar-refractivity contribution in [2.24, 2.45) is 34.5 Å². The number of likely N-dealkylation sites (tertiary alicyclic amines) is 1. The Morgan fingerprint density at radius 1 is 1.06 bits per heavy atom. The Labute approximate surface area is 201 Å². The highest BCUT2D eigenvalue weighted by Gasteiger charge is 2.56. The first-order chi connectivity index (χ1) is 15.4. The average molecular weight is 442 g/mol. The molecule has 3 aliphatic carbocycles. The van der Waals surface area contributed by atoms with E-state index in [-0.39, 0.29) is 0 Å². The quantitative estimate of drug-likeness (QED) is 0.281. The van der Waals surface area contributed by atoms with Gasteiger partial charge in [0.2, 0.25) is 0 Å². The molecule has 1 aliphatic heterocycles. The number of fused-ring (bicyclic) bond motifs is 5. The molecule has 4 aliphatic rings. The lowest BCUT2D eigenvalue weighted by Gasteiger charge is -2.58. The Bertz CT molecular complexity index is 657. The summed E-state index contributed by atoms with van der Waals surface area (Å²) in [5, 5.41) is 0. The first kappa shape index (κ1) is 26.1. The van der Waals surface area contributed by atoms with E-state index in [1.165, 1.54) is 90.3 Å². The van der Waals surface area contributed by atoms with Crippen LogP contribution in [0.2, 0.25) is 0 Å². The number of rotatable bonds is 7. The molecular formula is C31H55N. The van der Waals surface area contributed by atoms with E-state index in [1.54, 1.807) is 0 Å². The molecule has 1 saturated heterocycles. The zero-order valence-electron chi connectivity index (χ0n) is 22.8. The molecule has 0 radical (unpaired) electrons. The third kappa shape index (κ3) is 5.08. The van der Waals surface area contributed by atoms with Crippen molar-refractivity contribution in [3.05, 3.63) is 23.3 Å². The Balaban J connectivity index is 0.00000141. The van der Waals surface area contributed by atoms with Gasteiger partial charge < -0.3 is 0 Å². The second-order valence-corrected chi connectivity index (χ2v) is 12.2. The molecule has 0 aromatic heterocycles. The Kier molecular flexibility index (Phi) is 9.15. The van der Waals surface area contributed by atoms with Gasteiger partial charge in [-0.15, -0.1) is 0 Å². The van der Waals surface area contributed by atoms with Crippen LogP contribution >= 0.6 is 0 Å². The van der Waals surface area contributed by atoms with Gasteiger partial charge in [0.15, 0.2) is 0 Å². The minimum Gasteiger partial charge on any atom is -0.299 e. The van der Waals surface area contributed by atoms with Crippen molar-refractivity contribution in [1.82, 2.24) is 4.90 Å². The van der Waals surface area contributed by atoms with Gasteiger partial charge >= 0.3 is 0 Å². The Morgan fingerprint density at radius 3 is 2.53 bits per heavy atom. The molecule has 0 amide bonds. The number of unbranched alkanes of at least 4 members (excludes halogenated alkanes) is 2. The molecule has 0 N–H and O–H groups in total. The second kappa shape index (κ2) is 11.2. The number of piperidine rings is 1. The lowest BCUT2D eigenvalue weighted by atomic mass is 9.49. The third-order valence-electron chi connectivity index (χ3n) is 10.0. The molecule has 4 rings (SSSR count). The zero-order chi connectivity index (χ0) is 23.4. The summed E-state index contributed by atoms with van der Waals surface area (Å²) in [7, 11) is 0. The van der Waals surface area contributed by atoms with Gasteiger partial charge in [-0.1, -0.05) is 84.6 Å². The molecule has 2 saturated carbocycles. The van der Waals surface area contributed by atoms with Crippen molar-refractivity contribution in [3.63, 3.8) is 0 Å². The molecular weight excluding hydrogens is 386 g/mol. The van der Waals surface area contributed by atoms with Crippen molar-refractivity contribution in [2.45, 2.75) is 119 Å². The van der Waals surface area contributed by atoms with E-state index in [4.69, 9.17) is 0 Å². The Hall–Kier alpha value is -0.560. The highest BCUT2D eigenvalue weighted by atomic mass is 15.1. The first-order valence-electron chi connectivity index (χ1n) is 14.5. The lowest BCUT2D eigenvalue weighted by Crippen LogP contribution is -2.52. The lowest BCUT2D eigenvalue weighted by molar-refractivity contribution is -0.0225. The fourth-order valence-corrected chi connectivity index (χ4v) is 8.02. The van der Waals surface area contributed by atoms with Crippen LogP contribution in [-0.4, -0.2) is 24.5 Å². The van der Waals surface area contributed by atoms with Crippen LogP contribution in [0.1, 0.15) is 119 Å². The molecule has 1 nitrogen and oxygen atoms in total. The van der Waals surface area contributed by atoms with E-state index >= 15 is 0 Å². The molecule has 32 heavy (non-hydrogen) atoms. The maximum atomic E-state index is 2.75. The van der Waals surface area contributed by atoms with Crippen molar-refractivity contribution in [2.75, 3.05) is 19.6 Å². The summed E-state index contributed by atoms with van der Waals surface area (Å²) < 4.78 is 0. The molecule has 184 valence electrons. The van der Waals surface area contributed by atoms with E-state index in [9.17, 15) is 0 Å². The van der Waals surface area contributed by atoms with Gasteiger partial charge in [0.05, 0.1) is 0 Å². The summed E-state index contributed by atoms with van der Waals surface area (Å²) in [6.45, 7) is 20.3. The maximum Gasteiger partial charge on any atom is 0.0198 e. The number of allylic oxidation sites excluding steroid dienone is 3. The van der Waals surface area contributed by atoms with E-state index in [0.717, 1.165) is 23.7 Å². The highest BCUT2D eigenvalue weighted by Crippen LogP contribution is 2.65. The average Bonchev–Trinajstić information content (AvgIpc) is 3.12. The van der Waals surface area contributed by atoms with Crippen molar-refractivity contribution in [1.29, 1.82) is 0 Å². The number of hydrogen-bond donors (Lipinski definition) is 0. The smallest absolute Gasteiger partial charge is 0.0198 e. The summed E-state index contributed by atoms with van der Waals surface area (Å²) in [5.74, 6) is 3.69. The standard InChI is InChI=1S/C29H49N.C2H6/c1-6-7-19-30-20-18-29(5)24(21-30)12-14-25-26-15-13-23(11-9-8-10-22(2)3)28(26,4)17-16-27(25)29;1-2/h11-12,22,25-27H,6-10,13-21H2,1-5H3;1-2H3/b23-11+;. The van der Waals surface area contributed by atoms with Crippen LogP contribution in [0, 0.1) is 34.5 Å². The van der Waals surface area contributed by atoms with Crippen molar-refractivity contribution >= 4 is 0 Å². The van der Waals surface area contributed by atoms with Gasteiger partial charge in [0, 0.05) is 6.54 Å². The fraction of sp³-hybridized carbons (Fsp3) is 0.871. The van der Waals surface area contributed by atoms with Crippen LogP contribution in [0.15, 0.2) is 23.3 Å². The van der Waals surface area contributed by atoms with Crippen LogP contribution in [0.25, 0.3) is 0 Å². The molecule has 3 fully saturated rings. The topological polar surface area (TPSA) is 3.24 Å². The minimum atomic E-state index is 0.497. The van der Waals surface area contributed by atoms with Crippen LogP contribution in [0.5, 0.6) is 0 Å². The molecule has 0 aromatic rings. The molecule has 0 aromatic carbocycles. The largest absolute Gasteiger partial charge is 0.299 e. The molecule has 1 heteroatoms. The molecule has 5 atom stereocenters. The predicted molar refractivity (Wildman–Crippen MR) is 142 cm³/mol. The summed E-state index contributed by atoms with van der Waals surface area (Å²) in [6.07, 6.45) is 20.8. The third-order valence-corrected chi connectivity index (χ3v) is 10.0. The summed E-state index contributed by atoms with van der Waals surface area (Å²) in [4.78, 5) is 2.75. The normalized spacial score (nSPS) is 37.9. The van der Waals surface area contributed by atoms with Gasteiger partial charge in [-0.05, 0) is 105 Å². The van der Waals surface area contributed by atoms with Gasteiger partial charge in [-0.25, -0.2) is 0 Å². The van der Waals surface area contributed by atoms with E-state index in [2.05, 4.69) is 51.7 Å². The highest BCUT2D eigenvalue weighted by molar-refractivity contribution is 5.29. The predicted octanol–water partition coefficient (Wildman–Crippen LogP) is 9.05. The summed E-state index contributed by atoms with van der Waals surface area (Å²) >= 11 is 0. The fourth-order valence-electron chi connectivity index (χ4n) is 8.02. The van der Waals surface area contributed by atoms with Gasteiger partial charge in [-0.2, -0.15) is 0 Å². The summed E-state index contributed by atoms with van der Waals surface area (Å²) in [5.41, 5.74) is 4.68. The summed E-state index contributed by atoms with van der Waals surface area (Å²) in [6, 6.07) is 0. The van der Waals surface area contributed by atoms with Gasteiger partial charge in [0.1, 0.15) is 0 Å². The van der Waals surface area contributed by atoms with E-state index in [1.807, 2.05) is 25.0 Å². The first-order valence-corrected chi connectivity index (χ1v) is 14.5. The van der Waals surface area contributed by atoms with Crippen LogP contribution in [-0.2, 0) is 0 Å². The van der Waals surface area contributed by atoms with E-state index in [0.29, 0.717) is 10.8 Å². The molecule has 0 bridgehead atoms. The number of nitrogens with zero attached hydrogens (tertiary/aromatic N) is 1.